The van der Waals surface area contributed by atoms with Crippen LogP contribution in [0.25, 0.3) is 0 Å². The Morgan fingerprint density at radius 1 is 1.26 bits per heavy atom. The van der Waals surface area contributed by atoms with Crippen LogP contribution in [0.4, 0.5) is 10.8 Å². The van der Waals surface area contributed by atoms with Gasteiger partial charge < -0.3 is 10.6 Å². The maximum atomic E-state index is 6.04. The van der Waals surface area contributed by atoms with E-state index < -0.39 is 0 Å². The number of fused-ring (bicyclic) bond motifs is 1. The van der Waals surface area contributed by atoms with Gasteiger partial charge >= 0.3 is 0 Å². The maximum Gasteiger partial charge on any atom is 0.186 e. The maximum absolute atomic E-state index is 6.04. The highest BCUT2D eigenvalue weighted by Crippen LogP contribution is 2.35. The fourth-order valence-electron chi connectivity index (χ4n) is 2.34. The summed E-state index contributed by atoms with van der Waals surface area (Å²) in [5.41, 5.74) is 10.8. The second-order valence-electron chi connectivity index (χ2n) is 6.11. The molecule has 0 amide bonds. The van der Waals surface area contributed by atoms with Crippen LogP contribution in [0.15, 0.2) is 23.6 Å². The van der Waals surface area contributed by atoms with E-state index in [0.29, 0.717) is 0 Å². The van der Waals surface area contributed by atoms with Crippen molar-refractivity contribution < 1.29 is 0 Å². The third kappa shape index (κ3) is 2.21. The van der Waals surface area contributed by atoms with Crippen molar-refractivity contribution in [1.29, 1.82) is 0 Å². The molecule has 0 aliphatic carbocycles. The van der Waals surface area contributed by atoms with E-state index in [1.165, 1.54) is 11.1 Å². The smallest absolute Gasteiger partial charge is 0.186 e. The van der Waals surface area contributed by atoms with Crippen LogP contribution in [-0.2, 0) is 18.5 Å². The quantitative estimate of drug-likeness (QED) is 0.808. The molecule has 3 nitrogen and oxygen atoms in total. The van der Waals surface area contributed by atoms with Gasteiger partial charge in [0, 0.05) is 29.6 Å². The molecule has 1 aliphatic heterocycles. The lowest BCUT2D eigenvalue weighted by molar-refractivity contribution is 0.572. The van der Waals surface area contributed by atoms with Crippen LogP contribution in [0, 0.1) is 0 Å². The monoisotopic (exact) mass is 273 g/mol. The van der Waals surface area contributed by atoms with E-state index in [1.807, 2.05) is 12.1 Å². The molecular formula is C15H19N3S. The highest BCUT2D eigenvalue weighted by Gasteiger charge is 2.25. The van der Waals surface area contributed by atoms with E-state index in [2.05, 4.69) is 37.1 Å². The first-order chi connectivity index (χ1) is 8.95. The number of nitrogens with two attached hydrogens (primary N) is 1. The number of thiazole rings is 1. The summed E-state index contributed by atoms with van der Waals surface area (Å²) in [5.74, 6) is 0. The standard InChI is InChI=1S/C15H19N3S/c1-15(2,3)13-9-19-14(17-13)18-7-10-5-4-6-12(16)11(10)8-18/h4-6,9H,7-8,16H2,1-3H3. The summed E-state index contributed by atoms with van der Waals surface area (Å²) in [7, 11) is 0. The number of nitrogens with zero attached hydrogens (tertiary/aromatic N) is 2. The van der Waals surface area contributed by atoms with Gasteiger partial charge in [-0.1, -0.05) is 32.9 Å². The van der Waals surface area contributed by atoms with Gasteiger partial charge in [-0.05, 0) is 17.2 Å². The molecule has 0 saturated heterocycles. The summed E-state index contributed by atoms with van der Waals surface area (Å²) in [5, 5.41) is 3.27. The van der Waals surface area contributed by atoms with Crippen molar-refractivity contribution in [3.63, 3.8) is 0 Å². The Hall–Kier alpha value is -1.55. The molecule has 1 aliphatic rings. The minimum Gasteiger partial charge on any atom is -0.398 e. The third-order valence-corrected chi connectivity index (χ3v) is 4.45. The number of benzene rings is 1. The molecule has 3 rings (SSSR count). The molecule has 1 aromatic carbocycles. The Bertz CT molecular complexity index is 610. The van der Waals surface area contributed by atoms with E-state index >= 15 is 0 Å². The zero-order valence-corrected chi connectivity index (χ0v) is 12.4. The average molecular weight is 273 g/mol. The molecule has 0 bridgehead atoms. The van der Waals surface area contributed by atoms with E-state index in [-0.39, 0.29) is 5.41 Å². The van der Waals surface area contributed by atoms with E-state index in [9.17, 15) is 0 Å². The minimum absolute atomic E-state index is 0.111. The molecule has 0 atom stereocenters. The lowest BCUT2D eigenvalue weighted by Gasteiger charge is -2.16. The van der Waals surface area contributed by atoms with Gasteiger partial charge in [0.05, 0.1) is 5.69 Å². The van der Waals surface area contributed by atoms with Gasteiger partial charge in [0.2, 0.25) is 0 Å². The predicted octanol–water partition coefficient (Wildman–Crippen LogP) is 3.54. The Morgan fingerprint density at radius 3 is 2.68 bits per heavy atom. The summed E-state index contributed by atoms with van der Waals surface area (Å²) < 4.78 is 0. The zero-order chi connectivity index (χ0) is 13.6. The van der Waals surface area contributed by atoms with Crippen LogP contribution >= 0.6 is 11.3 Å². The van der Waals surface area contributed by atoms with Gasteiger partial charge in [0.1, 0.15) is 0 Å². The molecule has 2 heterocycles. The molecular weight excluding hydrogens is 254 g/mol. The normalized spacial score (nSPS) is 14.8. The van der Waals surface area contributed by atoms with Gasteiger partial charge in [-0.3, -0.25) is 0 Å². The molecule has 0 radical (unpaired) electrons. The lowest BCUT2D eigenvalue weighted by Crippen LogP contribution is -2.16. The molecule has 0 saturated carbocycles. The summed E-state index contributed by atoms with van der Waals surface area (Å²) in [4.78, 5) is 7.09. The first-order valence-corrected chi connectivity index (χ1v) is 7.40. The summed E-state index contributed by atoms with van der Waals surface area (Å²) >= 11 is 1.72. The van der Waals surface area contributed by atoms with E-state index in [0.717, 1.165) is 29.6 Å². The second kappa shape index (κ2) is 4.23. The van der Waals surface area contributed by atoms with Gasteiger partial charge in [-0.15, -0.1) is 11.3 Å². The number of rotatable bonds is 1. The summed E-state index contributed by atoms with van der Waals surface area (Å²) in [6, 6.07) is 6.16. The Morgan fingerprint density at radius 2 is 2.05 bits per heavy atom. The number of anilines is 2. The van der Waals surface area contributed by atoms with Crippen LogP contribution in [0.1, 0.15) is 37.6 Å². The number of aromatic nitrogens is 1. The van der Waals surface area contributed by atoms with Crippen LogP contribution in [0.3, 0.4) is 0 Å². The van der Waals surface area contributed by atoms with Gasteiger partial charge in [-0.25, -0.2) is 4.98 Å². The van der Waals surface area contributed by atoms with Crippen LogP contribution in [-0.4, -0.2) is 4.98 Å². The van der Waals surface area contributed by atoms with Crippen molar-refractivity contribution >= 4 is 22.2 Å². The van der Waals surface area contributed by atoms with E-state index in [4.69, 9.17) is 10.7 Å². The SMILES string of the molecule is CC(C)(C)c1csc(N2Cc3cccc(N)c3C2)n1. The van der Waals surface area contributed by atoms with Gasteiger partial charge in [-0.2, -0.15) is 0 Å². The zero-order valence-electron chi connectivity index (χ0n) is 11.6. The molecule has 2 aromatic rings. The molecule has 2 N–H and O–H groups in total. The summed E-state index contributed by atoms with van der Waals surface area (Å²) in [6.45, 7) is 8.38. The average Bonchev–Trinajstić information content (AvgIpc) is 2.94. The number of nitrogen functional groups attached to an aromatic ring is 1. The lowest BCUT2D eigenvalue weighted by atomic mass is 9.93. The van der Waals surface area contributed by atoms with Gasteiger partial charge in [0.15, 0.2) is 5.13 Å². The van der Waals surface area contributed by atoms with Crippen molar-refractivity contribution in [2.75, 3.05) is 10.6 Å². The Balaban J connectivity index is 1.87. The summed E-state index contributed by atoms with van der Waals surface area (Å²) in [6.07, 6.45) is 0. The van der Waals surface area contributed by atoms with Crippen LogP contribution < -0.4 is 10.6 Å². The van der Waals surface area contributed by atoms with E-state index in [1.54, 1.807) is 11.3 Å². The van der Waals surface area contributed by atoms with Crippen molar-refractivity contribution in [2.45, 2.75) is 39.3 Å². The van der Waals surface area contributed by atoms with Crippen molar-refractivity contribution in [1.82, 2.24) is 4.98 Å². The molecule has 100 valence electrons. The van der Waals surface area contributed by atoms with Crippen molar-refractivity contribution in [3.8, 4) is 0 Å². The highest BCUT2D eigenvalue weighted by atomic mass is 32.1. The largest absolute Gasteiger partial charge is 0.398 e. The molecule has 19 heavy (non-hydrogen) atoms. The highest BCUT2D eigenvalue weighted by molar-refractivity contribution is 7.13. The van der Waals surface area contributed by atoms with Crippen LogP contribution in [0.2, 0.25) is 0 Å². The molecule has 0 unspecified atom stereocenters. The second-order valence-corrected chi connectivity index (χ2v) is 6.94. The molecule has 0 spiro atoms. The first kappa shape index (κ1) is 12.5. The van der Waals surface area contributed by atoms with Crippen molar-refractivity contribution in [3.05, 3.63) is 40.4 Å². The minimum atomic E-state index is 0.111. The van der Waals surface area contributed by atoms with Gasteiger partial charge in [0.25, 0.3) is 0 Å². The number of hydrogen-bond donors (Lipinski definition) is 1. The molecule has 4 heteroatoms. The fraction of sp³-hybridized carbons (Fsp3) is 0.400. The third-order valence-electron chi connectivity index (χ3n) is 3.55. The number of hydrogen-bond acceptors (Lipinski definition) is 4. The molecule has 0 fully saturated rings. The van der Waals surface area contributed by atoms with Crippen LogP contribution in [0.5, 0.6) is 0 Å². The predicted molar refractivity (Wildman–Crippen MR) is 81.6 cm³/mol. The topological polar surface area (TPSA) is 42.1 Å². The first-order valence-electron chi connectivity index (χ1n) is 6.52. The fourth-order valence-corrected chi connectivity index (χ4v) is 3.39. The molecule has 1 aromatic heterocycles. The Kier molecular flexibility index (Phi) is 2.78. The van der Waals surface area contributed by atoms with Crippen molar-refractivity contribution in [2.24, 2.45) is 0 Å². The Labute approximate surface area is 118 Å².